The van der Waals surface area contributed by atoms with E-state index in [1.165, 1.54) is 7.11 Å². The fourth-order valence-corrected chi connectivity index (χ4v) is 2.97. The first-order valence-electron chi connectivity index (χ1n) is 7.07. The van der Waals surface area contributed by atoms with Crippen LogP contribution >= 0.6 is 0 Å². The van der Waals surface area contributed by atoms with Gasteiger partial charge in [0, 0.05) is 6.54 Å². The van der Waals surface area contributed by atoms with Gasteiger partial charge in [0.2, 0.25) is 5.91 Å². The number of aliphatic hydroxyl groups is 1. The van der Waals surface area contributed by atoms with Crippen molar-refractivity contribution < 1.29 is 19.4 Å². The van der Waals surface area contributed by atoms with Gasteiger partial charge in [0.1, 0.15) is 5.92 Å². The molecule has 1 aliphatic rings. The molecule has 0 radical (unpaired) electrons. The highest BCUT2D eigenvalue weighted by atomic mass is 16.5. The Hall–Kier alpha value is -1.88. The molecule has 0 spiro atoms. The van der Waals surface area contributed by atoms with Crippen molar-refractivity contribution in [1.82, 2.24) is 4.90 Å². The van der Waals surface area contributed by atoms with Crippen LogP contribution in [0.5, 0.6) is 0 Å². The van der Waals surface area contributed by atoms with Gasteiger partial charge in [-0.25, -0.2) is 0 Å². The third-order valence-electron chi connectivity index (χ3n) is 4.10. The summed E-state index contributed by atoms with van der Waals surface area (Å²) in [7, 11) is 1.30. The Balaban J connectivity index is 2.20. The molecule has 5 heteroatoms. The fraction of sp³-hybridized carbons (Fsp3) is 0.500. The molecule has 2 rings (SSSR count). The fourth-order valence-electron chi connectivity index (χ4n) is 2.97. The van der Waals surface area contributed by atoms with Crippen LogP contribution in [0.3, 0.4) is 0 Å². The van der Waals surface area contributed by atoms with E-state index in [2.05, 4.69) is 0 Å². The second kappa shape index (κ2) is 6.26. The van der Waals surface area contributed by atoms with E-state index in [1.54, 1.807) is 18.7 Å². The van der Waals surface area contributed by atoms with Gasteiger partial charge in [-0.2, -0.15) is 0 Å². The predicted molar refractivity (Wildman–Crippen MR) is 77.1 cm³/mol. The lowest BCUT2D eigenvalue weighted by Crippen LogP contribution is -2.65. The first-order valence-corrected chi connectivity index (χ1v) is 7.07. The topological polar surface area (TPSA) is 66.8 Å². The second-order valence-electron chi connectivity index (χ2n) is 5.52. The summed E-state index contributed by atoms with van der Waals surface area (Å²) in [5.41, 5.74) is 0.997. The summed E-state index contributed by atoms with van der Waals surface area (Å²) < 4.78 is 4.78. The molecule has 0 bridgehead atoms. The molecular formula is C16H21NO4. The molecule has 1 heterocycles. The number of rotatable bonds is 5. The number of carbonyl (C=O) groups is 2. The number of ether oxygens (including phenoxy) is 1. The maximum Gasteiger partial charge on any atom is 0.313 e. The van der Waals surface area contributed by atoms with Gasteiger partial charge in [-0.1, -0.05) is 37.3 Å². The van der Waals surface area contributed by atoms with Gasteiger partial charge in [-0.05, 0) is 12.5 Å². The molecule has 21 heavy (non-hydrogen) atoms. The van der Waals surface area contributed by atoms with E-state index in [1.807, 2.05) is 30.3 Å². The third-order valence-corrected chi connectivity index (χ3v) is 4.10. The third kappa shape index (κ3) is 2.93. The summed E-state index contributed by atoms with van der Waals surface area (Å²) in [6.07, 6.45) is -0.865. The number of esters is 1. The largest absolute Gasteiger partial charge is 0.469 e. The molecule has 1 aromatic rings. The minimum absolute atomic E-state index is 0.00148. The van der Waals surface area contributed by atoms with Crippen LogP contribution in [0.25, 0.3) is 0 Å². The van der Waals surface area contributed by atoms with Gasteiger partial charge in [0.05, 0.1) is 25.2 Å². The van der Waals surface area contributed by atoms with Crippen molar-refractivity contribution in [2.45, 2.75) is 32.5 Å². The van der Waals surface area contributed by atoms with Crippen LogP contribution in [-0.2, 0) is 20.9 Å². The predicted octanol–water partition coefficient (Wildman–Crippen LogP) is 1.20. The monoisotopic (exact) mass is 291 g/mol. The smallest absolute Gasteiger partial charge is 0.313 e. The van der Waals surface area contributed by atoms with E-state index in [-0.39, 0.29) is 17.9 Å². The lowest BCUT2D eigenvalue weighted by molar-refractivity contribution is -0.172. The molecule has 1 aromatic carbocycles. The second-order valence-corrected chi connectivity index (χ2v) is 5.52. The van der Waals surface area contributed by atoms with E-state index < -0.39 is 18.0 Å². The number of carbonyl (C=O) groups excluding carboxylic acids is 2. The number of methoxy groups -OCH3 is 1. The van der Waals surface area contributed by atoms with E-state index >= 15 is 0 Å². The SMILES string of the molecule is COC(=O)C([C@@H]1[C@H](C)C(=O)N1Cc1ccccc1)[C@@H](C)O. The maximum absolute atomic E-state index is 12.1. The minimum atomic E-state index is -0.865. The average molecular weight is 291 g/mol. The summed E-state index contributed by atoms with van der Waals surface area (Å²) in [5, 5.41) is 9.90. The average Bonchev–Trinajstić information content (AvgIpc) is 2.50. The summed E-state index contributed by atoms with van der Waals surface area (Å²) >= 11 is 0. The van der Waals surface area contributed by atoms with Crippen molar-refractivity contribution >= 4 is 11.9 Å². The van der Waals surface area contributed by atoms with Crippen LogP contribution in [0.1, 0.15) is 19.4 Å². The molecule has 0 aliphatic carbocycles. The molecule has 1 saturated heterocycles. The molecule has 1 N–H and O–H groups in total. The van der Waals surface area contributed by atoms with Crippen molar-refractivity contribution in [1.29, 1.82) is 0 Å². The van der Waals surface area contributed by atoms with Crippen molar-refractivity contribution in [3.8, 4) is 0 Å². The Bertz CT molecular complexity index is 514. The molecular weight excluding hydrogens is 270 g/mol. The molecule has 5 nitrogen and oxygen atoms in total. The number of β-lactam (4-membered cyclic amide) rings is 1. The summed E-state index contributed by atoms with van der Waals surface area (Å²) in [4.78, 5) is 25.7. The highest BCUT2D eigenvalue weighted by Gasteiger charge is 2.52. The molecule has 1 unspecified atom stereocenters. The Labute approximate surface area is 124 Å². The van der Waals surface area contributed by atoms with Crippen molar-refractivity contribution in [3.63, 3.8) is 0 Å². The molecule has 0 saturated carbocycles. The van der Waals surface area contributed by atoms with E-state index in [9.17, 15) is 14.7 Å². The van der Waals surface area contributed by atoms with Crippen LogP contribution in [0.15, 0.2) is 30.3 Å². The van der Waals surface area contributed by atoms with Gasteiger partial charge in [-0.3, -0.25) is 9.59 Å². The Morgan fingerprint density at radius 3 is 2.52 bits per heavy atom. The van der Waals surface area contributed by atoms with Crippen molar-refractivity contribution in [3.05, 3.63) is 35.9 Å². The Kier molecular flexibility index (Phi) is 4.63. The minimum Gasteiger partial charge on any atom is -0.469 e. The summed E-state index contributed by atoms with van der Waals surface area (Å²) in [6, 6.07) is 9.26. The number of amides is 1. The highest BCUT2D eigenvalue weighted by Crippen LogP contribution is 2.35. The number of benzene rings is 1. The van der Waals surface area contributed by atoms with Gasteiger partial charge in [0.15, 0.2) is 0 Å². The standard InChI is InChI=1S/C16H21NO4/c1-10-14(13(11(2)18)16(20)21-3)17(15(10)19)9-12-7-5-4-6-8-12/h4-8,10-11,13-14,18H,9H2,1-3H3/t10-,11+,13?,14-/m0/s1. The van der Waals surface area contributed by atoms with Crippen LogP contribution in [0, 0.1) is 11.8 Å². The first-order chi connectivity index (χ1) is 9.97. The summed E-state index contributed by atoms with van der Waals surface area (Å²) in [6.45, 7) is 3.78. The van der Waals surface area contributed by atoms with E-state index in [4.69, 9.17) is 4.74 Å². The first kappa shape index (κ1) is 15.5. The van der Waals surface area contributed by atoms with Gasteiger partial charge < -0.3 is 14.7 Å². The van der Waals surface area contributed by atoms with Gasteiger partial charge in [-0.15, -0.1) is 0 Å². The van der Waals surface area contributed by atoms with Crippen molar-refractivity contribution in [2.75, 3.05) is 7.11 Å². The van der Waals surface area contributed by atoms with Crippen molar-refractivity contribution in [2.24, 2.45) is 11.8 Å². The molecule has 114 valence electrons. The lowest BCUT2D eigenvalue weighted by Gasteiger charge is -2.49. The Morgan fingerprint density at radius 2 is 2.00 bits per heavy atom. The zero-order valence-corrected chi connectivity index (χ0v) is 12.5. The number of nitrogens with zero attached hydrogens (tertiary/aromatic N) is 1. The van der Waals surface area contributed by atoms with Gasteiger partial charge in [0.25, 0.3) is 0 Å². The number of likely N-dealkylation sites (tertiary alicyclic amines) is 1. The van der Waals surface area contributed by atoms with Gasteiger partial charge >= 0.3 is 5.97 Å². The number of hydrogen-bond acceptors (Lipinski definition) is 4. The number of hydrogen-bond donors (Lipinski definition) is 1. The zero-order chi connectivity index (χ0) is 15.6. The zero-order valence-electron chi connectivity index (χ0n) is 12.5. The lowest BCUT2D eigenvalue weighted by atomic mass is 9.77. The highest BCUT2D eigenvalue weighted by molar-refractivity contribution is 5.88. The normalized spacial score (nSPS) is 24.2. The van der Waals surface area contributed by atoms with Crippen LogP contribution in [0.4, 0.5) is 0 Å². The molecule has 1 aliphatic heterocycles. The molecule has 1 amide bonds. The Morgan fingerprint density at radius 1 is 1.38 bits per heavy atom. The maximum atomic E-state index is 12.1. The molecule has 0 aromatic heterocycles. The van der Waals surface area contributed by atoms with E-state index in [0.29, 0.717) is 6.54 Å². The molecule has 4 atom stereocenters. The quantitative estimate of drug-likeness (QED) is 0.654. The number of aliphatic hydroxyl groups excluding tert-OH is 1. The summed E-state index contributed by atoms with van der Waals surface area (Å²) in [5.74, 6) is -1.48. The van der Waals surface area contributed by atoms with Crippen LogP contribution in [-0.4, -0.2) is 41.1 Å². The van der Waals surface area contributed by atoms with Crippen LogP contribution < -0.4 is 0 Å². The van der Waals surface area contributed by atoms with Crippen LogP contribution in [0.2, 0.25) is 0 Å². The van der Waals surface area contributed by atoms with E-state index in [0.717, 1.165) is 5.56 Å². The molecule has 1 fully saturated rings.